The van der Waals surface area contributed by atoms with E-state index in [1.165, 1.54) is 0 Å². The zero-order chi connectivity index (χ0) is 12.8. The molecule has 1 saturated heterocycles. The standard InChI is InChI=1S/C14H23N3O/c1-15-13-3-5-14(6-4-13)18-12-11-17-9-7-16(2)8-10-17/h3-6,15H,7-12H2,1-2H3. The molecule has 2 rings (SSSR count). The normalized spacial score (nSPS) is 17.7. The molecular formula is C14H23N3O. The minimum atomic E-state index is 0.766. The first-order valence-corrected chi connectivity index (χ1v) is 6.59. The molecule has 0 atom stereocenters. The summed E-state index contributed by atoms with van der Waals surface area (Å²) < 4.78 is 5.75. The Labute approximate surface area is 110 Å². The third-order valence-electron chi connectivity index (χ3n) is 3.42. The molecule has 18 heavy (non-hydrogen) atoms. The van der Waals surface area contributed by atoms with E-state index < -0.39 is 0 Å². The van der Waals surface area contributed by atoms with Crippen molar-refractivity contribution in [3.63, 3.8) is 0 Å². The third kappa shape index (κ3) is 3.89. The van der Waals surface area contributed by atoms with Crippen LogP contribution in [0.5, 0.6) is 5.75 Å². The van der Waals surface area contributed by atoms with E-state index in [-0.39, 0.29) is 0 Å². The molecule has 4 heteroatoms. The van der Waals surface area contributed by atoms with E-state index in [9.17, 15) is 0 Å². The van der Waals surface area contributed by atoms with Gasteiger partial charge in [-0.25, -0.2) is 0 Å². The SMILES string of the molecule is CNc1ccc(OCCN2CCN(C)CC2)cc1. The van der Waals surface area contributed by atoms with Crippen LogP contribution in [-0.2, 0) is 0 Å². The van der Waals surface area contributed by atoms with Gasteiger partial charge in [-0.05, 0) is 31.3 Å². The van der Waals surface area contributed by atoms with Gasteiger partial charge in [0.2, 0.25) is 0 Å². The van der Waals surface area contributed by atoms with Crippen LogP contribution < -0.4 is 10.1 Å². The molecule has 0 amide bonds. The number of nitrogens with one attached hydrogen (secondary N) is 1. The fourth-order valence-electron chi connectivity index (χ4n) is 2.08. The first-order chi connectivity index (χ1) is 8.78. The highest BCUT2D eigenvalue weighted by atomic mass is 16.5. The smallest absolute Gasteiger partial charge is 0.119 e. The highest BCUT2D eigenvalue weighted by Crippen LogP contribution is 2.14. The molecule has 100 valence electrons. The molecule has 0 bridgehead atoms. The molecule has 0 radical (unpaired) electrons. The van der Waals surface area contributed by atoms with Crippen molar-refractivity contribution in [2.45, 2.75) is 0 Å². The van der Waals surface area contributed by atoms with Gasteiger partial charge in [0.05, 0.1) is 0 Å². The largest absolute Gasteiger partial charge is 0.492 e. The highest BCUT2D eigenvalue weighted by Gasteiger charge is 2.12. The van der Waals surface area contributed by atoms with Crippen molar-refractivity contribution in [2.75, 3.05) is 58.7 Å². The van der Waals surface area contributed by atoms with Crippen LogP contribution in [0.2, 0.25) is 0 Å². The number of benzene rings is 1. The van der Waals surface area contributed by atoms with Crippen LogP contribution >= 0.6 is 0 Å². The molecule has 0 spiro atoms. The van der Waals surface area contributed by atoms with E-state index in [2.05, 4.69) is 22.2 Å². The van der Waals surface area contributed by atoms with Gasteiger partial charge in [0.25, 0.3) is 0 Å². The average molecular weight is 249 g/mol. The van der Waals surface area contributed by atoms with Crippen LogP contribution in [0.3, 0.4) is 0 Å². The maximum atomic E-state index is 5.75. The lowest BCUT2D eigenvalue weighted by Crippen LogP contribution is -2.45. The molecule has 1 aromatic carbocycles. The van der Waals surface area contributed by atoms with Gasteiger partial charge in [0.1, 0.15) is 12.4 Å². The van der Waals surface area contributed by atoms with E-state index in [0.717, 1.165) is 50.8 Å². The van der Waals surface area contributed by atoms with Crippen LogP contribution in [0.15, 0.2) is 24.3 Å². The van der Waals surface area contributed by atoms with Crippen LogP contribution in [0, 0.1) is 0 Å². The second kappa shape index (κ2) is 6.61. The Morgan fingerprint density at radius 2 is 1.78 bits per heavy atom. The second-order valence-corrected chi connectivity index (χ2v) is 4.77. The molecule has 1 fully saturated rings. The van der Waals surface area contributed by atoms with Crippen molar-refractivity contribution in [2.24, 2.45) is 0 Å². The molecule has 4 nitrogen and oxygen atoms in total. The Bertz CT molecular complexity index is 345. The van der Waals surface area contributed by atoms with Crippen LogP contribution in [-0.4, -0.2) is 63.2 Å². The average Bonchev–Trinajstić information content (AvgIpc) is 2.42. The van der Waals surface area contributed by atoms with Crippen LogP contribution in [0.25, 0.3) is 0 Å². The van der Waals surface area contributed by atoms with Crippen molar-refractivity contribution < 1.29 is 4.74 Å². The molecule has 1 aliphatic heterocycles. The minimum absolute atomic E-state index is 0.766. The van der Waals surface area contributed by atoms with Gasteiger partial charge in [0.15, 0.2) is 0 Å². The molecule has 0 unspecified atom stereocenters. The van der Waals surface area contributed by atoms with Crippen LogP contribution in [0.1, 0.15) is 0 Å². The summed E-state index contributed by atoms with van der Waals surface area (Å²) in [4.78, 5) is 4.83. The number of rotatable bonds is 5. The molecule has 0 saturated carbocycles. The lowest BCUT2D eigenvalue weighted by Gasteiger charge is -2.32. The molecule has 1 aliphatic rings. The summed E-state index contributed by atoms with van der Waals surface area (Å²) in [6.45, 7) is 6.41. The first-order valence-electron chi connectivity index (χ1n) is 6.59. The van der Waals surface area contributed by atoms with Crippen LogP contribution in [0.4, 0.5) is 5.69 Å². The lowest BCUT2D eigenvalue weighted by atomic mass is 10.3. The summed E-state index contributed by atoms with van der Waals surface area (Å²) in [5, 5.41) is 3.10. The van der Waals surface area contributed by atoms with E-state index in [1.807, 2.05) is 31.3 Å². The summed E-state index contributed by atoms with van der Waals surface area (Å²) in [6, 6.07) is 8.09. The fraction of sp³-hybridized carbons (Fsp3) is 0.571. The molecular weight excluding hydrogens is 226 g/mol. The monoisotopic (exact) mass is 249 g/mol. The Morgan fingerprint density at radius 1 is 1.11 bits per heavy atom. The topological polar surface area (TPSA) is 27.7 Å². The van der Waals surface area contributed by atoms with Gasteiger partial charge in [-0.2, -0.15) is 0 Å². The number of likely N-dealkylation sites (N-methyl/N-ethyl adjacent to an activating group) is 1. The quantitative estimate of drug-likeness (QED) is 0.852. The fourth-order valence-corrected chi connectivity index (χ4v) is 2.08. The summed E-state index contributed by atoms with van der Waals surface area (Å²) in [6.07, 6.45) is 0. The Balaban J connectivity index is 1.68. The predicted octanol–water partition coefficient (Wildman–Crippen LogP) is 1.35. The Kier molecular flexibility index (Phi) is 4.84. The maximum absolute atomic E-state index is 5.75. The Hall–Kier alpha value is -1.26. The van der Waals surface area contributed by atoms with Gasteiger partial charge in [0, 0.05) is 45.5 Å². The molecule has 0 aliphatic carbocycles. The first kappa shape index (κ1) is 13.2. The Morgan fingerprint density at radius 3 is 2.39 bits per heavy atom. The maximum Gasteiger partial charge on any atom is 0.119 e. The second-order valence-electron chi connectivity index (χ2n) is 4.77. The number of anilines is 1. The molecule has 0 aromatic heterocycles. The zero-order valence-electron chi connectivity index (χ0n) is 11.4. The van der Waals surface area contributed by atoms with Crippen molar-refractivity contribution in [1.82, 2.24) is 9.80 Å². The summed E-state index contributed by atoms with van der Waals surface area (Å²) in [5.41, 5.74) is 1.11. The number of hydrogen-bond donors (Lipinski definition) is 1. The van der Waals surface area contributed by atoms with Crippen molar-refractivity contribution in [3.05, 3.63) is 24.3 Å². The lowest BCUT2D eigenvalue weighted by molar-refractivity contribution is 0.134. The highest BCUT2D eigenvalue weighted by molar-refractivity contribution is 5.45. The zero-order valence-corrected chi connectivity index (χ0v) is 11.4. The van der Waals surface area contributed by atoms with Gasteiger partial charge in [-0.15, -0.1) is 0 Å². The van der Waals surface area contributed by atoms with E-state index >= 15 is 0 Å². The number of piperazine rings is 1. The number of hydrogen-bond acceptors (Lipinski definition) is 4. The number of nitrogens with zero attached hydrogens (tertiary/aromatic N) is 2. The van der Waals surface area contributed by atoms with Gasteiger partial charge < -0.3 is 15.0 Å². The van der Waals surface area contributed by atoms with Crippen molar-refractivity contribution in [3.8, 4) is 5.75 Å². The third-order valence-corrected chi connectivity index (χ3v) is 3.42. The van der Waals surface area contributed by atoms with Gasteiger partial charge in [-0.1, -0.05) is 0 Å². The minimum Gasteiger partial charge on any atom is -0.492 e. The number of ether oxygens (including phenoxy) is 1. The van der Waals surface area contributed by atoms with E-state index in [1.54, 1.807) is 0 Å². The summed E-state index contributed by atoms with van der Waals surface area (Å²) in [5.74, 6) is 0.947. The van der Waals surface area contributed by atoms with E-state index in [4.69, 9.17) is 4.74 Å². The predicted molar refractivity (Wildman–Crippen MR) is 75.4 cm³/mol. The summed E-state index contributed by atoms with van der Waals surface area (Å²) in [7, 11) is 4.10. The molecule has 1 heterocycles. The van der Waals surface area contributed by atoms with Gasteiger partial charge in [-0.3, -0.25) is 4.90 Å². The molecule has 1 aromatic rings. The summed E-state index contributed by atoms with van der Waals surface area (Å²) >= 11 is 0. The molecule has 1 N–H and O–H groups in total. The van der Waals surface area contributed by atoms with E-state index in [0.29, 0.717) is 0 Å². The van der Waals surface area contributed by atoms with Gasteiger partial charge >= 0.3 is 0 Å². The van der Waals surface area contributed by atoms with Crippen molar-refractivity contribution in [1.29, 1.82) is 0 Å². The van der Waals surface area contributed by atoms with Crippen molar-refractivity contribution >= 4 is 5.69 Å².